The van der Waals surface area contributed by atoms with E-state index < -0.39 is 0 Å². The quantitative estimate of drug-likeness (QED) is 0.639. The summed E-state index contributed by atoms with van der Waals surface area (Å²) in [5, 5.41) is 4.12. The van der Waals surface area contributed by atoms with Gasteiger partial charge in [0.15, 0.2) is 0 Å². The van der Waals surface area contributed by atoms with Gasteiger partial charge in [-0.3, -0.25) is 0 Å². The van der Waals surface area contributed by atoms with Gasteiger partial charge in [0, 0.05) is 15.9 Å². The SMILES string of the molecule is CCSCCNc1ccc(I)cc1Cl. The molecular weight excluding hydrogens is 329 g/mol. The third kappa shape index (κ3) is 4.28. The molecule has 0 fully saturated rings. The molecule has 0 saturated heterocycles. The van der Waals surface area contributed by atoms with E-state index in [0.29, 0.717) is 0 Å². The van der Waals surface area contributed by atoms with Crippen molar-refractivity contribution in [2.45, 2.75) is 6.92 Å². The number of nitrogens with one attached hydrogen (secondary N) is 1. The lowest BCUT2D eigenvalue weighted by molar-refractivity contribution is 1.22. The van der Waals surface area contributed by atoms with E-state index in [1.54, 1.807) is 0 Å². The lowest BCUT2D eigenvalue weighted by Crippen LogP contribution is -2.04. The minimum absolute atomic E-state index is 0.804. The minimum atomic E-state index is 0.804. The summed E-state index contributed by atoms with van der Waals surface area (Å²) in [5.41, 5.74) is 1.03. The number of thioether (sulfide) groups is 1. The molecule has 0 aromatic heterocycles. The fourth-order valence-electron chi connectivity index (χ4n) is 1.04. The summed E-state index contributed by atoms with van der Waals surface area (Å²) >= 11 is 10.3. The van der Waals surface area contributed by atoms with Gasteiger partial charge >= 0.3 is 0 Å². The van der Waals surface area contributed by atoms with E-state index in [1.165, 1.54) is 9.32 Å². The Hall–Kier alpha value is 0.390. The van der Waals surface area contributed by atoms with Gasteiger partial charge in [0.25, 0.3) is 0 Å². The van der Waals surface area contributed by atoms with Crippen LogP contribution in [0.3, 0.4) is 0 Å². The van der Waals surface area contributed by atoms with Gasteiger partial charge in [-0.1, -0.05) is 18.5 Å². The highest BCUT2D eigenvalue weighted by Gasteiger charge is 1.99. The number of hydrogen-bond donors (Lipinski definition) is 1. The minimum Gasteiger partial charge on any atom is -0.383 e. The summed E-state index contributed by atoms with van der Waals surface area (Å²) in [6.45, 7) is 3.14. The second-order valence-electron chi connectivity index (χ2n) is 2.75. The molecule has 0 aliphatic rings. The highest BCUT2D eigenvalue weighted by molar-refractivity contribution is 14.1. The average molecular weight is 342 g/mol. The largest absolute Gasteiger partial charge is 0.383 e. The van der Waals surface area contributed by atoms with E-state index in [1.807, 2.05) is 23.9 Å². The Balaban J connectivity index is 2.42. The molecule has 78 valence electrons. The maximum atomic E-state index is 6.07. The molecule has 0 spiro atoms. The van der Waals surface area contributed by atoms with Crippen molar-refractivity contribution in [1.82, 2.24) is 0 Å². The second kappa shape index (κ2) is 6.80. The second-order valence-corrected chi connectivity index (χ2v) is 5.79. The van der Waals surface area contributed by atoms with Gasteiger partial charge in [0.05, 0.1) is 10.7 Å². The fourth-order valence-corrected chi connectivity index (χ4v) is 2.49. The number of benzene rings is 1. The normalized spacial score (nSPS) is 10.2. The Morgan fingerprint density at radius 1 is 1.50 bits per heavy atom. The summed E-state index contributed by atoms with van der Waals surface area (Å²) in [6.07, 6.45) is 0. The van der Waals surface area contributed by atoms with E-state index in [-0.39, 0.29) is 0 Å². The molecule has 0 aliphatic heterocycles. The predicted octanol–water partition coefficient (Wildman–Crippen LogP) is 4.11. The van der Waals surface area contributed by atoms with Gasteiger partial charge in [0.1, 0.15) is 0 Å². The molecule has 1 nitrogen and oxygen atoms in total. The van der Waals surface area contributed by atoms with Crippen molar-refractivity contribution in [2.24, 2.45) is 0 Å². The smallest absolute Gasteiger partial charge is 0.0648 e. The highest BCUT2D eigenvalue weighted by atomic mass is 127. The van der Waals surface area contributed by atoms with Gasteiger partial charge in [-0.2, -0.15) is 11.8 Å². The summed E-state index contributed by atoms with van der Waals surface area (Å²) in [4.78, 5) is 0. The number of anilines is 1. The zero-order chi connectivity index (χ0) is 10.4. The van der Waals surface area contributed by atoms with Crippen LogP contribution >= 0.6 is 46.0 Å². The molecule has 0 saturated carbocycles. The van der Waals surface area contributed by atoms with Crippen LogP contribution in [-0.2, 0) is 0 Å². The maximum absolute atomic E-state index is 6.07. The van der Waals surface area contributed by atoms with E-state index >= 15 is 0 Å². The van der Waals surface area contributed by atoms with Gasteiger partial charge in [-0.05, 0) is 46.5 Å². The highest BCUT2D eigenvalue weighted by Crippen LogP contribution is 2.23. The summed E-state index contributed by atoms with van der Waals surface area (Å²) < 4.78 is 1.17. The third-order valence-corrected chi connectivity index (χ3v) is 3.58. The topological polar surface area (TPSA) is 12.0 Å². The first-order valence-electron chi connectivity index (χ1n) is 4.50. The van der Waals surface area contributed by atoms with Gasteiger partial charge in [-0.25, -0.2) is 0 Å². The Kier molecular flexibility index (Phi) is 6.05. The van der Waals surface area contributed by atoms with Crippen LogP contribution in [0, 0.1) is 3.57 Å². The molecule has 0 bridgehead atoms. The van der Waals surface area contributed by atoms with E-state index in [9.17, 15) is 0 Å². The first kappa shape index (κ1) is 12.5. The first-order valence-corrected chi connectivity index (χ1v) is 7.12. The standard InChI is InChI=1S/C10H13ClINS/c1-2-14-6-5-13-10-4-3-8(12)7-9(10)11/h3-4,7,13H,2,5-6H2,1H3. The summed E-state index contributed by atoms with van der Waals surface area (Å²) in [5.74, 6) is 2.29. The molecule has 0 aliphatic carbocycles. The molecule has 0 atom stereocenters. The molecular formula is C10H13ClINS. The number of halogens is 2. The Morgan fingerprint density at radius 2 is 2.29 bits per heavy atom. The van der Waals surface area contributed by atoms with Crippen molar-refractivity contribution in [3.8, 4) is 0 Å². The maximum Gasteiger partial charge on any atom is 0.0648 e. The Labute approximate surface area is 108 Å². The first-order chi connectivity index (χ1) is 6.74. The van der Waals surface area contributed by atoms with Crippen LogP contribution in [0.5, 0.6) is 0 Å². The van der Waals surface area contributed by atoms with Crippen molar-refractivity contribution < 1.29 is 0 Å². The zero-order valence-corrected chi connectivity index (χ0v) is 11.7. The average Bonchev–Trinajstić information content (AvgIpc) is 2.15. The van der Waals surface area contributed by atoms with Crippen molar-refractivity contribution in [2.75, 3.05) is 23.4 Å². The van der Waals surface area contributed by atoms with Crippen molar-refractivity contribution in [1.29, 1.82) is 0 Å². The predicted molar refractivity (Wildman–Crippen MR) is 75.7 cm³/mol. The van der Waals surface area contributed by atoms with E-state index in [4.69, 9.17) is 11.6 Å². The van der Waals surface area contributed by atoms with Crippen molar-refractivity contribution in [3.05, 3.63) is 26.8 Å². The van der Waals surface area contributed by atoms with E-state index in [0.717, 1.165) is 23.0 Å². The van der Waals surface area contributed by atoms with Gasteiger partial charge in [-0.15, -0.1) is 0 Å². The summed E-state index contributed by atoms with van der Waals surface area (Å²) in [7, 11) is 0. The zero-order valence-electron chi connectivity index (χ0n) is 8.02. The van der Waals surface area contributed by atoms with E-state index in [2.05, 4.69) is 40.9 Å². The molecule has 4 heteroatoms. The molecule has 14 heavy (non-hydrogen) atoms. The monoisotopic (exact) mass is 341 g/mol. The van der Waals surface area contributed by atoms with Crippen LogP contribution in [0.15, 0.2) is 18.2 Å². The van der Waals surface area contributed by atoms with Crippen LogP contribution in [0.1, 0.15) is 6.92 Å². The molecule has 0 heterocycles. The summed E-state index contributed by atoms with van der Waals surface area (Å²) in [6, 6.07) is 6.06. The van der Waals surface area contributed by atoms with Gasteiger partial charge in [0.2, 0.25) is 0 Å². The fraction of sp³-hybridized carbons (Fsp3) is 0.400. The Bertz CT molecular complexity index is 293. The van der Waals surface area contributed by atoms with Crippen LogP contribution < -0.4 is 5.32 Å². The number of rotatable bonds is 5. The molecule has 1 aromatic rings. The lowest BCUT2D eigenvalue weighted by atomic mass is 10.3. The van der Waals surface area contributed by atoms with Gasteiger partial charge < -0.3 is 5.32 Å². The van der Waals surface area contributed by atoms with Crippen LogP contribution in [-0.4, -0.2) is 18.1 Å². The number of hydrogen-bond acceptors (Lipinski definition) is 2. The molecule has 0 amide bonds. The van der Waals surface area contributed by atoms with Crippen molar-refractivity contribution in [3.63, 3.8) is 0 Å². The lowest BCUT2D eigenvalue weighted by Gasteiger charge is -2.07. The third-order valence-electron chi connectivity index (χ3n) is 1.70. The molecule has 1 rings (SSSR count). The molecule has 0 unspecified atom stereocenters. The molecule has 0 radical (unpaired) electrons. The van der Waals surface area contributed by atoms with Crippen molar-refractivity contribution >= 4 is 51.6 Å². The van der Waals surface area contributed by atoms with Crippen LogP contribution in [0.2, 0.25) is 5.02 Å². The van der Waals surface area contributed by atoms with Crippen LogP contribution in [0.4, 0.5) is 5.69 Å². The molecule has 1 N–H and O–H groups in total. The molecule has 1 aromatic carbocycles. The Morgan fingerprint density at radius 3 is 2.93 bits per heavy atom. The van der Waals surface area contributed by atoms with Crippen LogP contribution in [0.25, 0.3) is 0 Å².